The predicted octanol–water partition coefficient (Wildman–Crippen LogP) is 4.90. The van der Waals surface area contributed by atoms with Gasteiger partial charge in [0.1, 0.15) is 16.4 Å². The second-order valence-electron chi connectivity index (χ2n) is 4.80. The number of hydrogen-bond donors (Lipinski definition) is 2. The molecule has 2 N–H and O–H groups in total. The van der Waals surface area contributed by atoms with Gasteiger partial charge in [0.05, 0.1) is 11.4 Å². The van der Waals surface area contributed by atoms with E-state index in [1.165, 1.54) is 28.9 Å². The number of aromatic nitrogens is 2. The number of rotatable bonds is 3. The number of nitrogens with one attached hydrogen (secondary N) is 1. The molecule has 0 atom stereocenters. The SMILES string of the molecule is CC.Cc1ccc(Nc2c(C(=O)O)cn3ccnc3c2Cl)c(F)c1. The number of pyridine rings is 1. The van der Waals surface area contributed by atoms with Crippen LogP contribution in [-0.4, -0.2) is 20.5 Å². The van der Waals surface area contributed by atoms with Crippen molar-refractivity contribution in [2.45, 2.75) is 20.8 Å². The molecule has 3 aromatic rings. The topological polar surface area (TPSA) is 66.6 Å². The highest BCUT2D eigenvalue weighted by Gasteiger charge is 2.19. The van der Waals surface area contributed by atoms with Crippen LogP contribution >= 0.6 is 11.6 Å². The lowest BCUT2D eigenvalue weighted by Gasteiger charge is -2.13. The number of imidazole rings is 1. The molecule has 2 heterocycles. The summed E-state index contributed by atoms with van der Waals surface area (Å²) in [6, 6.07) is 4.60. The fourth-order valence-electron chi connectivity index (χ4n) is 2.16. The van der Waals surface area contributed by atoms with Gasteiger partial charge in [0.15, 0.2) is 5.65 Å². The lowest BCUT2D eigenvalue weighted by atomic mass is 10.2. The van der Waals surface area contributed by atoms with Crippen LogP contribution in [0.5, 0.6) is 0 Å². The summed E-state index contributed by atoms with van der Waals surface area (Å²) in [5.74, 6) is -1.66. The summed E-state index contributed by atoms with van der Waals surface area (Å²) in [5, 5.41) is 12.2. The highest BCUT2D eigenvalue weighted by atomic mass is 35.5. The Balaban J connectivity index is 0.00000100. The molecule has 7 heteroatoms. The summed E-state index contributed by atoms with van der Waals surface area (Å²) in [6.45, 7) is 5.76. The number of halogens is 2. The Morgan fingerprint density at radius 3 is 2.71 bits per heavy atom. The van der Waals surface area contributed by atoms with Crippen molar-refractivity contribution in [1.29, 1.82) is 0 Å². The van der Waals surface area contributed by atoms with Crippen molar-refractivity contribution in [2.75, 3.05) is 5.32 Å². The number of aromatic carboxylic acids is 1. The molecule has 126 valence electrons. The predicted molar refractivity (Wildman–Crippen MR) is 92.9 cm³/mol. The zero-order chi connectivity index (χ0) is 17.9. The molecule has 0 radical (unpaired) electrons. The van der Waals surface area contributed by atoms with Crippen LogP contribution in [0.4, 0.5) is 15.8 Å². The Hall–Kier alpha value is -2.60. The molecule has 1 aromatic carbocycles. The van der Waals surface area contributed by atoms with Gasteiger partial charge in [-0.3, -0.25) is 0 Å². The summed E-state index contributed by atoms with van der Waals surface area (Å²) in [4.78, 5) is 15.5. The van der Waals surface area contributed by atoms with E-state index >= 15 is 0 Å². The largest absolute Gasteiger partial charge is 0.478 e. The highest BCUT2D eigenvalue weighted by molar-refractivity contribution is 6.37. The van der Waals surface area contributed by atoms with E-state index < -0.39 is 11.8 Å². The molecule has 0 saturated carbocycles. The van der Waals surface area contributed by atoms with Gasteiger partial charge in [-0.2, -0.15) is 0 Å². The van der Waals surface area contributed by atoms with Crippen molar-refractivity contribution in [3.63, 3.8) is 0 Å². The Morgan fingerprint density at radius 1 is 1.38 bits per heavy atom. The maximum atomic E-state index is 14.0. The van der Waals surface area contributed by atoms with Crippen molar-refractivity contribution < 1.29 is 14.3 Å². The normalized spacial score (nSPS) is 10.2. The summed E-state index contributed by atoms with van der Waals surface area (Å²) < 4.78 is 15.5. The molecule has 0 aliphatic rings. The molecule has 0 bridgehead atoms. The first-order chi connectivity index (χ1) is 11.5. The van der Waals surface area contributed by atoms with E-state index in [9.17, 15) is 14.3 Å². The average molecular weight is 350 g/mol. The second-order valence-corrected chi connectivity index (χ2v) is 5.18. The molecule has 2 aromatic heterocycles. The Morgan fingerprint density at radius 2 is 2.08 bits per heavy atom. The number of aryl methyl sites for hydroxylation is 1. The fraction of sp³-hybridized carbons (Fsp3) is 0.176. The summed E-state index contributed by atoms with van der Waals surface area (Å²) in [5.41, 5.74) is 1.33. The van der Waals surface area contributed by atoms with Gasteiger partial charge in [0.25, 0.3) is 0 Å². The van der Waals surface area contributed by atoms with Gasteiger partial charge in [-0.1, -0.05) is 31.5 Å². The van der Waals surface area contributed by atoms with Gasteiger partial charge >= 0.3 is 5.97 Å². The number of anilines is 2. The third-order valence-corrected chi connectivity index (χ3v) is 3.59. The lowest BCUT2D eigenvalue weighted by Crippen LogP contribution is -2.07. The first kappa shape index (κ1) is 17.7. The quantitative estimate of drug-likeness (QED) is 0.705. The number of hydrogen-bond acceptors (Lipinski definition) is 3. The Bertz CT molecular complexity index is 893. The van der Waals surface area contributed by atoms with Gasteiger partial charge in [-0.15, -0.1) is 0 Å². The molecule has 3 rings (SSSR count). The number of nitrogens with zero attached hydrogens (tertiary/aromatic N) is 2. The van der Waals surface area contributed by atoms with Crippen LogP contribution in [-0.2, 0) is 0 Å². The molecule has 0 fully saturated rings. The number of carboxylic acids is 1. The second kappa shape index (κ2) is 7.31. The van der Waals surface area contributed by atoms with E-state index in [1.54, 1.807) is 19.2 Å². The molecule has 0 aliphatic heterocycles. The monoisotopic (exact) mass is 349 g/mol. The summed E-state index contributed by atoms with van der Waals surface area (Å²) in [7, 11) is 0. The summed E-state index contributed by atoms with van der Waals surface area (Å²) in [6.07, 6.45) is 4.47. The molecule has 24 heavy (non-hydrogen) atoms. The molecule has 0 amide bonds. The van der Waals surface area contributed by atoms with E-state index in [0.29, 0.717) is 5.65 Å². The fourth-order valence-corrected chi connectivity index (χ4v) is 2.46. The van der Waals surface area contributed by atoms with Crippen LogP contribution in [0.15, 0.2) is 36.8 Å². The van der Waals surface area contributed by atoms with Crippen LogP contribution in [0.25, 0.3) is 5.65 Å². The van der Waals surface area contributed by atoms with Crippen molar-refractivity contribution in [1.82, 2.24) is 9.38 Å². The molecule has 0 saturated heterocycles. The molecular weight excluding hydrogens is 333 g/mol. The zero-order valence-corrected chi connectivity index (χ0v) is 14.2. The van der Waals surface area contributed by atoms with E-state index in [4.69, 9.17) is 11.6 Å². The maximum Gasteiger partial charge on any atom is 0.339 e. The molecule has 0 aliphatic carbocycles. The number of carbonyl (C=O) groups is 1. The van der Waals surface area contributed by atoms with Gasteiger partial charge in [-0.25, -0.2) is 14.2 Å². The van der Waals surface area contributed by atoms with Gasteiger partial charge in [0, 0.05) is 18.6 Å². The van der Waals surface area contributed by atoms with Crippen LogP contribution in [0.1, 0.15) is 29.8 Å². The zero-order valence-electron chi connectivity index (χ0n) is 13.5. The molecule has 0 unspecified atom stereocenters. The van der Waals surface area contributed by atoms with Crippen molar-refractivity contribution in [2.24, 2.45) is 0 Å². The third kappa shape index (κ3) is 3.33. The number of carboxylic acid groups (broad SMARTS) is 1. The Kier molecular flexibility index (Phi) is 5.41. The first-order valence-corrected chi connectivity index (χ1v) is 7.77. The van der Waals surface area contributed by atoms with E-state index in [2.05, 4.69) is 10.3 Å². The van der Waals surface area contributed by atoms with Crippen molar-refractivity contribution in [3.05, 3.63) is 58.8 Å². The highest BCUT2D eigenvalue weighted by Crippen LogP contribution is 2.33. The van der Waals surface area contributed by atoms with E-state index in [0.717, 1.165) is 5.56 Å². The minimum absolute atomic E-state index is 0.0736. The van der Waals surface area contributed by atoms with Gasteiger partial charge in [-0.05, 0) is 24.6 Å². The van der Waals surface area contributed by atoms with E-state index in [1.807, 2.05) is 13.8 Å². The summed E-state index contributed by atoms with van der Waals surface area (Å²) >= 11 is 6.23. The minimum atomic E-state index is -1.17. The number of fused-ring (bicyclic) bond motifs is 1. The number of benzene rings is 1. The van der Waals surface area contributed by atoms with Crippen LogP contribution in [0, 0.1) is 12.7 Å². The molecular formula is C17H17ClFN3O2. The third-order valence-electron chi connectivity index (χ3n) is 3.24. The van der Waals surface area contributed by atoms with Gasteiger partial charge in [0.2, 0.25) is 0 Å². The van der Waals surface area contributed by atoms with Crippen LogP contribution in [0.3, 0.4) is 0 Å². The average Bonchev–Trinajstić information content (AvgIpc) is 3.02. The molecule has 5 nitrogen and oxygen atoms in total. The lowest BCUT2D eigenvalue weighted by molar-refractivity contribution is 0.0697. The Labute approximate surface area is 143 Å². The van der Waals surface area contributed by atoms with Gasteiger partial charge < -0.3 is 14.8 Å². The van der Waals surface area contributed by atoms with E-state index in [-0.39, 0.29) is 22.0 Å². The standard InChI is InChI=1S/C15H11ClFN3O2.C2H6/c1-8-2-3-11(10(17)6-8)19-13-9(15(21)22)7-20-5-4-18-14(20)12(13)16;1-2/h2-7,19H,1H3,(H,21,22);1-2H3. The first-order valence-electron chi connectivity index (χ1n) is 7.39. The molecule has 0 spiro atoms. The minimum Gasteiger partial charge on any atom is -0.478 e. The van der Waals surface area contributed by atoms with Crippen LogP contribution < -0.4 is 5.32 Å². The maximum absolute atomic E-state index is 14.0. The van der Waals surface area contributed by atoms with Crippen LogP contribution in [0.2, 0.25) is 5.02 Å². The van der Waals surface area contributed by atoms with Crippen molar-refractivity contribution >= 4 is 34.6 Å². The smallest absolute Gasteiger partial charge is 0.339 e. The van der Waals surface area contributed by atoms with Crippen molar-refractivity contribution in [3.8, 4) is 0 Å².